The molecule has 13 nitrogen and oxygen atoms in total. The van der Waals surface area contributed by atoms with Gasteiger partial charge in [-0.1, -0.05) is 42.5 Å². The minimum Gasteiger partial charge on any atom is -0.508 e. The van der Waals surface area contributed by atoms with Crippen LogP contribution in [0.4, 0.5) is 0 Å². The summed E-state index contributed by atoms with van der Waals surface area (Å²) in [7, 11) is 0. The number of likely N-dealkylation sites (tertiary alicyclic amines) is 1. The van der Waals surface area contributed by atoms with E-state index in [2.05, 4.69) is 11.1 Å². The summed E-state index contributed by atoms with van der Waals surface area (Å²) in [6.45, 7) is -0.198. The molecule has 0 saturated carbocycles. The van der Waals surface area contributed by atoms with Crippen LogP contribution in [0.3, 0.4) is 0 Å². The van der Waals surface area contributed by atoms with E-state index in [0.717, 1.165) is 11.1 Å². The van der Waals surface area contributed by atoms with Crippen LogP contribution in [0, 0.1) is 0 Å². The Morgan fingerprint density at radius 2 is 1.62 bits per heavy atom. The third kappa shape index (κ3) is 7.62. The number of amides is 2. The third-order valence-corrected chi connectivity index (χ3v) is 7.57. The molecule has 2 fully saturated rings. The van der Waals surface area contributed by atoms with Crippen LogP contribution in [0.15, 0.2) is 54.6 Å². The van der Waals surface area contributed by atoms with Gasteiger partial charge in [0.1, 0.15) is 48.9 Å². The average Bonchev–Trinajstić information content (AvgIpc) is 3.48. The van der Waals surface area contributed by atoms with Crippen LogP contribution >= 0.6 is 0 Å². The first-order valence-corrected chi connectivity index (χ1v) is 13.8. The number of benzene rings is 2. The Balaban J connectivity index is 1.41. The topological polar surface area (TPSA) is 214 Å². The van der Waals surface area contributed by atoms with Crippen LogP contribution < -0.4 is 11.1 Å². The van der Waals surface area contributed by atoms with Crippen molar-refractivity contribution in [1.29, 1.82) is 0 Å². The van der Waals surface area contributed by atoms with Gasteiger partial charge in [-0.2, -0.15) is 0 Å². The number of aromatic hydroxyl groups is 1. The van der Waals surface area contributed by atoms with Gasteiger partial charge in [-0.3, -0.25) is 9.59 Å². The smallest absolute Gasteiger partial charge is 0.329 e. The predicted octanol–water partition coefficient (Wildman–Crippen LogP) is -2.39. The van der Waals surface area contributed by atoms with E-state index in [4.69, 9.17) is 9.47 Å². The number of ether oxygens (including phenoxy) is 2. The van der Waals surface area contributed by atoms with Crippen LogP contribution in [-0.2, 0) is 36.7 Å². The summed E-state index contributed by atoms with van der Waals surface area (Å²) >= 11 is 0. The fourth-order valence-corrected chi connectivity index (χ4v) is 5.19. The highest BCUT2D eigenvalue weighted by atomic mass is 16.6. The van der Waals surface area contributed by atoms with Crippen molar-refractivity contribution in [2.75, 3.05) is 13.2 Å². The predicted molar refractivity (Wildman–Crippen MR) is 145 cm³/mol. The van der Waals surface area contributed by atoms with Crippen molar-refractivity contribution in [3.63, 3.8) is 0 Å². The van der Waals surface area contributed by atoms with Crippen molar-refractivity contribution in [2.45, 2.75) is 74.5 Å². The number of phenols is 1. The summed E-state index contributed by atoms with van der Waals surface area (Å²) in [5.41, 5.74) is 5.53. The molecule has 2 aliphatic rings. The number of aliphatic hydroxyl groups excluding tert-OH is 4. The van der Waals surface area contributed by atoms with Gasteiger partial charge < -0.3 is 51.0 Å². The van der Waals surface area contributed by atoms with E-state index in [9.17, 15) is 39.9 Å². The molecule has 0 aromatic heterocycles. The van der Waals surface area contributed by atoms with E-state index in [1.54, 1.807) is 42.5 Å². The molecule has 0 unspecified atom stereocenters. The van der Waals surface area contributed by atoms with Crippen molar-refractivity contribution < 1.29 is 55.1 Å². The number of rotatable bonds is 10. The van der Waals surface area contributed by atoms with Crippen LogP contribution in [0.5, 0.6) is 5.75 Å². The monoisotopic (exact) mass is 588 g/mol. The molecular formula is C29H38N3O10+. The molecule has 2 aromatic rings. The van der Waals surface area contributed by atoms with Gasteiger partial charge >= 0.3 is 5.97 Å². The Labute approximate surface area is 242 Å². The van der Waals surface area contributed by atoms with E-state index in [1.807, 2.05) is 0 Å². The van der Waals surface area contributed by atoms with Gasteiger partial charge in [0.2, 0.25) is 5.91 Å². The molecule has 0 aliphatic carbocycles. The lowest BCUT2D eigenvalue weighted by Gasteiger charge is -2.38. The van der Waals surface area contributed by atoms with E-state index in [0.29, 0.717) is 25.8 Å². The number of hydrogen-bond acceptors (Lipinski definition) is 10. The summed E-state index contributed by atoms with van der Waals surface area (Å²) in [6, 6.07) is 12.7. The first kappa shape index (κ1) is 31.3. The second-order valence-electron chi connectivity index (χ2n) is 10.7. The van der Waals surface area contributed by atoms with Gasteiger partial charge in [0.15, 0.2) is 12.3 Å². The number of quaternary nitrogens is 1. The van der Waals surface area contributed by atoms with Crippen LogP contribution in [0.25, 0.3) is 0 Å². The summed E-state index contributed by atoms with van der Waals surface area (Å²) in [6.07, 6.45) is -6.79. The standard InChI is InChI=1S/C29H37N3O10/c30-19(13-17-8-10-18(33)11-9-17)27(38)32-12-4-7-21(32)26(37)31-20(14-16-5-2-1-3-6-16)28(39)41-15-22-23(34)24(35)25(36)29(40)42-22/h1-3,5-6,8-11,19-25,29,33-36,40H,4,7,12-15,30H2,(H,31,37)/p+1/t19-,20-,21-,22+,23+,24-,25+,29+/m0/s1. The lowest BCUT2D eigenvalue weighted by molar-refractivity contribution is -0.405. The molecule has 0 bridgehead atoms. The Morgan fingerprint density at radius 3 is 2.31 bits per heavy atom. The highest BCUT2D eigenvalue weighted by molar-refractivity contribution is 5.92. The minimum absolute atomic E-state index is 0.0724. The fourth-order valence-electron chi connectivity index (χ4n) is 5.19. The number of phenolic OH excluding ortho intramolecular Hbond substituents is 1. The highest BCUT2D eigenvalue weighted by Gasteiger charge is 2.44. The number of esters is 1. The zero-order valence-corrected chi connectivity index (χ0v) is 23.0. The second kappa shape index (κ2) is 14.1. The molecule has 228 valence electrons. The minimum atomic E-state index is -1.79. The molecule has 9 N–H and O–H groups in total. The van der Waals surface area contributed by atoms with Crippen molar-refractivity contribution in [1.82, 2.24) is 10.2 Å². The molecule has 0 radical (unpaired) electrons. The maximum atomic E-state index is 13.4. The summed E-state index contributed by atoms with van der Waals surface area (Å²) < 4.78 is 10.4. The van der Waals surface area contributed by atoms with E-state index in [1.165, 1.54) is 17.0 Å². The Kier molecular flexibility index (Phi) is 10.5. The first-order valence-electron chi connectivity index (χ1n) is 13.8. The maximum absolute atomic E-state index is 13.4. The number of carbonyl (C=O) groups excluding carboxylic acids is 3. The molecule has 42 heavy (non-hydrogen) atoms. The van der Waals surface area contributed by atoms with E-state index in [-0.39, 0.29) is 18.1 Å². The molecule has 2 saturated heterocycles. The van der Waals surface area contributed by atoms with Gasteiger partial charge in [0, 0.05) is 19.4 Å². The van der Waals surface area contributed by atoms with E-state index < -0.39 is 67.3 Å². The van der Waals surface area contributed by atoms with Gasteiger partial charge in [0.05, 0.1) is 0 Å². The second-order valence-corrected chi connectivity index (χ2v) is 10.7. The van der Waals surface area contributed by atoms with E-state index >= 15 is 0 Å². The van der Waals surface area contributed by atoms with Crippen LogP contribution in [-0.4, -0.2) is 110 Å². The molecular weight excluding hydrogens is 550 g/mol. The Hall–Kier alpha value is -3.59. The van der Waals surface area contributed by atoms with Gasteiger partial charge in [0.25, 0.3) is 5.91 Å². The molecule has 0 spiro atoms. The van der Waals surface area contributed by atoms with Crippen molar-refractivity contribution in [2.24, 2.45) is 0 Å². The summed E-state index contributed by atoms with van der Waals surface area (Å²) in [5, 5.41) is 51.7. The molecule has 2 aromatic carbocycles. The fraction of sp³-hybridized carbons (Fsp3) is 0.483. The number of hydrogen-bond donors (Lipinski definition) is 7. The quantitative estimate of drug-likeness (QED) is 0.146. The van der Waals surface area contributed by atoms with Gasteiger partial charge in [-0.25, -0.2) is 4.79 Å². The maximum Gasteiger partial charge on any atom is 0.329 e. The molecule has 2 heterocycles. The lowest BCUT2D eigenvalue weighted by atomic mass is 9.99. The normalized spacial score (nSPS) is 27.2. The third-order valence-electron chi connectivity index (χ3n) is 7.57. The number of carbonyl (C=O) groups is 3. The average molecular weight is 589 g/mol. The lowest BCUT2D eigenvalue weighted by Crippen LogP contribution is -2.69. The number of nitrogens with one attached hydrogen (secondary N) is 1. The molecule has 8 atom stereocenters. The summed E-state index contributed by atoms with van der Waals surface area (Å²) in [5.74, 6) is -1.57. The van der Waals surface area contributed by atoms with Gasteiger partial charge in [-0.15, -0.1) is 0 Å². The zero-order valence-electron chi connectivity index (χ0n) is 23.0. The van der Waals surface area contributed by atoms with Crippen molar-refractivity contribution in [3.8, 4) is 5.75 Å². The molecule has 4 rings (SSSR count). The zero-order chi connectivity index (χ0) is 30.4. The summed E-state index contributed by atoms with van der Waals surface area (Å²) in [4.78, 5) is 41.4. The highest BCUT2D eigenvalue weighted by Crippen LogP contribution is 2.22. The number of nitrogens with zero attached hydrogens (tertiary/aromatic N) is 1. The number of aliphatic hydroxyl groups is 4. The Bertz CT molecular complexity index is 1210. The molecule has 2 amide bonds. The van der Waals surface area contributed by atoms with Crippen molar-refractivity contribution >= 4 is 17.8 Å². The largest absolute Gasteiger partial charge is 0.508 e. The van der Waals surface area contributed by atoms with Crippen molar-refractivity contribution in [3.05, 3.63) is 65.7 Å². The van der Waals surface area contributed by atoms with Gasteiger partial charge in [-0.05, 0) is 36.1 Å². The first-order chi connectivity index (χ1) is 20.0. The Morgan fingerprint density at radius 1 is 0.952 bits per heavy atom. The molecule has 13 heteroatoms. The van der Waals surface area contributed by atoms with Crippen LogP contribution in [0.1, 0.15) is 24.0 Å². The van der Waals surface area contributed by atoms with Crippen LogP contribution in [0.2, 0.25) is 0 Å². The SMILES string of the molecule is [NH3+][C@@H](Cc1ccc(O)cc1)C(=O)N1CCC[C@H]1C(=O)N[C@@H](Cc1ccccc1)C(=O)OC[C@H]1O[C@@H](O)[C@H](O)[C@@H](O)[C@@H]1O. The molecule has 2 aliphatic heterocycles.